The summed E-state index contributed by atoms with van der Waals surface area (Å²) in [5, 5.41) is 10.2. The van der Waals surface area contributed by atoms with Crippen LogP contribution in [0.15, 0.2) is 48.7 Å². The number of likely N-dealkylation sites (tertiary alicyclic amines) is 1. The number of carbonyl (C=O) groups excluding carboxylic acids is 3. The fourth-order valence-corrected chi connectivity index (χ4v) is 5.49. The standard InChI is InChI=1S/C26H24ClFN4O5/c27-18-3-1-2-15(6-18)12-31(28)25(36)22-10-16-9-20(16)32(22)23(33)11-17-13-30(26(29)37)21-7-14(8-24(34)35)4-5-19(17)21/h1-7,13,16,20,22H,8-12H2,(H2,29,37)(H,34,35)/t16-,20-,22+/m1/s1. The quantitative estimate of drug-likeness (QED) is 0.457. The Balaban J connectivity index is 1.37. The van der Waals surface area contributed by atoms with Gasteiger partial charge >= 0.3 is 12.0 Å². The molecule has 0 bridgehead atoms. The summed E-state index contributed by atoms with van der Waals surface area (Å²) in [6.45, 7) is -0.280. The average Bonchev–Trinajstić information content (AvgIpc) is 3.34. The van der Waals surface area contributed by atoms with Crippen LogP contribution in [0.1, 0.15) is 29.5 Å². The monoisotopic (exact) mass is 526 g/mol. The van der Waals surface area contributed by atoms with Gasteiger partial charge in [0.2, 0.25) is 5.91 Å². The van der Waals surface area contributed by atoms with Crippen LogP contribution in [0.25, 0.3) is 10.9 Å². The van der Waals surface area contributed by atoms with Gasteiger partial charge < -0.3 is 15.7 Å². The molecule has 192 valence electrons. The maximum absolute atomic E-state index is 14.9. The van der Waals surface area contributed by atoms with Crippen LogP contribution in [0.5, 0.6) is 0 Å². The number of hydrogen-bond acceptors (Lipinski definition) is 4. The van der Waals surface area contributed by atoms with Gasteiger partial charge in [0.05, 0.1) is 24.9 Å². The number of hydrogen-bond donors (Lipinski definition) is 2. The third-order valence-corrected chi connectivity index (χ3v) is 7.25. The first kappa shape index (κ1) is 24.8. The van der Waals surface area contributed by atoms with E-state index < -0.39 is 23.9 Å². The van der Waals surface area contributed by atoms with Gasteiger partial charge in [-0.1, -0.05) is 40.3 Å². The van der Waals surface area contributed by atoms with Crippen LogP contribution in [0.3, 0.4) is 0 Å². The number of aromatic nitrogens is 1. The van der Waals surface area contributed by atoms with Gasteiger partial charge in [-0.25, -0.2) is 4.79 Å². The zero-order valence-electron chi connectivity index (χ0n) is 19.6. The van der Waals surface area contributed by atoms with Crippen LogP contribution >= 0.6 is 11.6 Å². The van der Waals surface area contributed by atoms with Crippen molar-refractivity contribution < 1.29 is 28.8 Å². The van der Waals surface area contributed by atoms with Gasteiger partial charge in [0.1, 0.15) is 6.04 Å². The SMILES string of the molecule is NC(=O)n1cc(CC(=O)N2[C@@H]3C[C@@H]3C[C@H]2C(=O)N(F)Cc2cccc(Cl)c2)c2ccc(CC(=O)O)cc21. The summed E-state index contributed by atoms with van der Waals surface area (Å²) in [5.74, 6) is -1.99. The van der Waals surface area contributed by atoms with Crippen LogP contribution < -0.4 is 5.73 Å². The molecule has 0 radical (unpaired) electrons. The number of primary amides is 1. The summed E-state index contributed by atoms with van der Waals surface area (Å²) >= 11 is 5.96. The fraction of sp³-hybridized carbons (Fsp3) is 0.308. The number of amides is 3. The normalized spacial score (nSPS) is 20.1. The fourth-order valence-electron chi connectivity index (χ4n) is 5.28. The number of benzene rings is 2. The minimum Gasteiger partial charge on any atom is -0.481 e. The molecule has 1 saturated carbocycles. The first-order chi connectivity index (χ1) is 17.6. The zero-order valence-corrected chi connectivity index (χ0v) is 20.4. The second-order valence-electron chi connectivity index (χ2n) is 9.57. The van der Waals surface area contributed by atoms with E-state index in [1.807, 2.05) is 0 Å². The molecule has 3 atom stereocenters. The Morgan fingerprint density at radius 2 is 1.86 bits per heavy atom. The summed E-state index contributed by atoms with van der Waals surface area (Å²) in [6.07, 6.45) is 2.25. The van der Waals surface area contributed by atoms with E-state index in [0.717, 1.165) is 6.42 Å². The minimum atomic E-state index is -1.02. The highest BCUT2D eigenvalue weighted by Crippen LogP contribution is 2.48. The topological polar surface area (TPSA) is 126 Å². The van der Waals surface area contributed by atoms with Crippen molar-refractivity contribution in [3.05, 3.63) is 70.4 Å². The first-order valence-corrected chi connectivity index (χ1v) is 12.2. The highest BCUT2D eigenvalue weighted by molar-refractivity contribution is 6.30. The number of nitrogens with two attached hydrogens (primary N) is 1. The lowest BCUT2D eigenvalue weighted by Crippen LogP contribution is -2.47. The van der Waals surface area contributed by atoms with E-state index in [1.165, 1.54) is 15.7 Å². The lowest BCUT2D eigenvalue weighted by molar-refractivity contribution is -0.157. The molecule has 1 saturated heterocycles. The number of carboxylic acid groups (broad SMARTS) is 1. The molecule has 11 heteroatoms. The van der Waals surface area contributed by atoms with E-state index in [0.29, 0.717) is 39.0 Å². The summed E-state index contributed by atoms with van der Waals surface area (Å²) in [4.78, 5) is 51.0. The van der Waals surface area contributed by atoms with E-state index in [4.69, 9.17) is 22.4 Å². The number of carbonyl (C=O) groups is 4. The Labute approximate surface area is 216 Å². The number of halogens is 2. The van der Waals surface area contributed by atoms with Gasteiger partial charge in [0, 0.05) is 22.6 Å². The predicted octanol–water partition coefficient (Wildman–Crippen LogP) is 3.29. The molecule has 1 aliphatic carbocycles. The highest BCUT2D eigenvalue weighted by Gasteiger charge is 2.56. The predicted molar refractivity (Wildman–Crippen MR) is 132 cm³/mol. The van der Waals surface area contributed by atoms with Crippen molar-refractivity contribution >= 4 is 46.3 Å². The Hall–Kier alpha value is -3.92. The summed E-state index contributed by atoms with van der Waals surface area (Å²) in [7, 11) is 0. The van der Waals surface area contributed by atoms with Gasteiger partial charge in [-0.05, 0) is 53.6 Å². The molecular formula is C26H24ClFN4O5. The molecule has 0 unspecified atom stereocenters. The minimum absolute atomic E-state index is 0.118. The van der Waals surface area contributed by atoms with Crippen LogP contribution in [0.2, 0.25) is 5.02 Å². The van der Waals surface area contributed by atoms with Crippen molar-refractivity contribution in [3.8, 4) is 0 Å². The van der Waals surface area contributed by atoms with Crippen molar-refractivity contribution in [1.82, 2.24) is 14.6 Å². The van der Waals surface area contributed by atoms with Gasteiger partial charge in [0.15, 0.2) is 0 Å². The summed E-state index contributed by atoms with van der Waals surface area (Å²) < 4.78 is 16.1. The van der Waals surface area contributed by atoms with Crippen LogP contribution in [-0.4, -0.2) is 55.6 Å². The molecule has 1 aromatic heterocycles. The smallest absolute Gasteiger partial charge is 0.323 e. The molecule has 9 nitrogen and oxygen atoms in total. The molecule has 3 N–H and O–H groups in total. The average molecular weight is 527 g/mol. The lowest BCUT2D eigenvalue weighted by atomic mass is 10.1. The highest BCUT2D eigenvalue weighted by atomic mass is 35.5. The van der Waals surface area contributed by atoms with Crippen molar-refractivity contribution in [1.29, 1.82) is 0 Å². The number of rotatable bonds is 7. The van der Waals surface area contributed by atoms with Crippen LogP contribution in [-0.2, 0) is 33.8 Å². The second-order valence-corrected chi connectivity index (χ2v) is 10.0. The van der Waals surface area contributed by atoms with Crippen LogP contribution in [0, 0.1) is 5.92 Å². The van der Waals surface area contributed by atoms with Gasteiger partial charge in [-0.2, -0.15) is 5.12 Å². The number of nitrogens with zero attached hydrogens (tertiary/aromatic N) is 3. The second kappa shape index (κ2) is 9.51. The van der Waals surface area contributed by atoms with E-state index >= 15 is 0 Å². The van der Waals surface area contributed by atoms with E-state index in [9.17, 15) is 23.7 Å². The number of carboxylic acids is 1. The lowest BCUT2D eigenvalue weighted by Gasteiger charge is -2.28. The number of aliphatic carboxylic acids is 1. The maximum atomic E-state index is 14.9. The molecular weight excluding hydrogens is 503 g/mol. The molecule has 3 amide bonds. The Morgan fingerprint density at radius 3 is 2.57 bits per heavy atom. The molecule has 3 aromatic rings. The molecule has 37 heavy (non-hydrogen) atoms. The summed E-state index contributed by atoms with van der Waals surface area (Å²) in [6, 6.07) is 9.58. The van der Waals surface area contributed by atoms with Crippen molar-refractivity contribution in [2.45, 2.75) is 44.3 Å². The Bertz CT molecular complexity index is 1440. The van der Waals surface area contributed by atoms with E-state index in [2.05, 4.69) is 0 Å². The Kier molecular flexibility index (Phi) is 6.36. The van der Waals surface area contributed by atoms with Gasteiger partial charge in [-0.3, -0.25) is 19.0 Å². The zero-order chi connectivity index (χ0) is 26.4. The van der Waals surface area contributed by atoms with Crippen molar-refractivity contribution in [2.75, 3.05) is 0 Å². The number of piperidine rings is 1. The first-order valence-electron chi connectivity index (χ1n) is 11.8. The van der Waals surface area contributed by atoms with E-state index in [1.54, 1.807) is 42.5 Å². The molecule has 2 heterocycles. The third kappa shape index (κ3) is 4.89. The van der Waals surface area contributed by atoms with Gasteiger partial charge in [-0.15, -0.1) is 0 Å². The van der Waals surface area contributed by atoms with Crippen molar-refractivity contribution in [2.24, 2.45) is 11.7 Å². The van der Waals surface area contributed by atoms with E-state index in [-0.39, 0.29) is 42.4 Å². The molecule has 2 aliphatic rings. The largest absolute Gasteiger partial charge is 0.481 e. The molecule has 0 spiro atoms. The van der Waals surface area contributed by atoms with Crippen LogP contribution in [0.4, 0.5) is 9.28 Å². The molecule has 2 fully saturated rings. The summed E-state index contributed by atoms with van der Waals surface area (Å²) in [5.41, 5.74) is 7.42. The Morgan fingerprint density at radius 1 is 1.08 bits per heavy atom. The van der Waals surface area contributed by atoms with Gasteiger partial charge in [0.25, 0.3) is 5.91 Å². The number of fused-ring (bicyclic) bond motifs is 2. The molecule has 2 aromatic carbocycles. The van der Waals surface area contributed by atoms with Crippen molar-refractivity contribution in [3.63, 3.8) is 0 Å². The molecule has 5 rings (SSSR count). The maximum Gasteiger partial charge on any atom is 0.323 e. The third-order valence-electron chi connectivity index (χ3n) is 7.01. The molecule has 1 aliphatic heterocycles.